The molecule has 2 aromatic carbocycles. The van der Waals surface area contributed by atoms with Gasteiger partial charge in [-0.05, 0) is 48.2 Å². The van der Waals surface area contributed by atoms with Crippen molar-refractivity contribution in [3.05, 3.63) is 73.9 Å². The quantitative estimate of drug-likeness (QED) is 0.517. The molecule has 0 bridgehead atoms. The number of halogens is 3. The Morgan fingerprint density at radius 2 is 2.04 bits per heavy atom. The average molecular weight is 453 g/mol. The van der Waals surface area contributed by atoms with E-state index in [9.17, 15) is 13.6 Å². The molecule has 1 aromatic heterocycles. The highest BCUT2D eigenvalue weighted by atomic mass is 79.9. The summed E-state index contributed by atoms with van der Waals surface area (Å²) in [6, 6.07) is 9.97. The highest BCUT2D eigenvalue weighted by Crippen LogP contribution is 2.34. The zero-order chi connectivity index (χ0) is 19.6. The number of thiophene rings is 1. The minimum atomic E-state index is -1.23. The predicted octanol–water partition coefficient (Wildman–Crippen LogP) is 5.52. The molecule has 0 aliphatic carbocycles. The van der Waals surface area contributed by atoms with E-state index in [2.05, 4.69) is 21.2 Å². The molecule has 1 heterocycles. The van der Waals surface area contributed by atoms with Crippen LogP contribution in [0.4, 0.5) is 20.2 Å². The number of nitrogens with one attached hydrogen (secondary N) is 1. The van der Waals surface area contributed by atoms with Crippen molar-refractivity contribution in [3.63, 3.8) is 0 Å². The van der Waals surface area contributed by atoms with Gasteiger partial charge in [0.05, 0.1) is 11.3 Å². The predicted molar refractivity (Wildman–Crippen MR) is 106 cm³/mol. The monoisotopic (exact) mass is 452 g/mol. The maximum atomic E-state index is 14.7. The molecule has 0 fully saturated rings. The second-order valence-corrected chi connectivity index (χ2v) is 7.69. The molecule has 3 aromatic rings. The van der Waals surface area contributed by atoms with E-state index in [1.807, 2.05) is 11.4 Å². The molecule has 0 atom stereocenters. The molecule has 0 unspecified atom stereocenters. The lowest BCUT2D eigenvalue weighted by Gasteiger charge is -2.16. The summed E-state index contributed by atoms with van der Waals surface area (Å²) in [5, 5.41) is 4.61. The third-order valence-electron chi connectivity index (χ3n) is 3.84. The van der Waals surface area contributed by atoms with Crippen molar-refractivity contribution in [1.82, 2.24) is 0 Å². The standard InChI is InChI=1S/C19H15BrF2N2O2S/c1-10-7-11(20)4-5-14(10)24-18-13(19(23)25)8-15(16(21)17(18)22)26-9-12-3-2-6-27-12/h2-8,24H,9H2,1H3,(H2,23,25). The van der Waals surface area contributed by atoms with Gasteiger partial charge in [-0.25, -0.2) is 4.39 Å². The highest BCUT2D eigenvalue weighted by molar-refractivity contribution is 9.10. The number of carbonyl (C=O) groups excluding carboxylic acids is 1. The van der Waals surface area contributed by atoms with E-state index >= 15 is 0 Å². The van der Waals surface area contributed by atoms with Gasteiger partial charge in [0.25, 0.3) is 5.91 Å². The first-order chi connectivity index (χ1) is 12.9. The summed E-state index contributed by atoms with van der Waals surface area (Å²) in [4.78, 5) is 12.7. The summed E-state index contributed by atoms with van der Waals surface area (Å²) in [6.07, 6.45) is 0. The Labute approximate surface area is 167 Å². The molecule has 0 spiro atoms. The number of nitrogens with two attached hydrogens (primary N) is 1. The van der Waals surface area contributed by atoms with Crippen molar-refractivity contribution in [1.29, 1.82) is 0 Å². The number of hydrogen-bond acceptors (Lipinski definition) is 4. The van der Waals surface area contributed by atoms with Crippen LogP contribution < -0.4 is 15.8 Å². The number of aryl methyl sites for hydroxylation is 1. The van der Waals surface area contributed by atoms with Crippen LogP contribution in [0.5, 0.6) is 5.75 Å². The van der Waals surface area contributed by atoms with Crippen molar-refractivity contribution < 1.29 is 18.3 Å². The van der Waals surface area contributed by atoms with Gasteiger partial charge in [0.2, 0.25) is 5.82 Å². The van der Waals surface area contributed by atoms with E-state index < -0.39 is 17.5 Å². The maximum absolute atomic E-state index is 14.7. The maximum Gasteiger partial charge on any atom is 0.251 e. The number of ether oxygens (including phenoxy) is 1. The minimum absolute atomic E-state index is 0.0603. The summed E-state index contributed by atoms with van der Waals surface area (Å²) < 4.78 is 35.4. The molecule has 3 N–H and O–H groups in total. The van der Waals surface area contributed by atoms with Crippen LogP contribution in [0.1, 0.15) is 20.8 Å². The Hall–Kier alpha value is -2.45. The summed E-state index contributed by atoms with van der Waals surface area (Å²) >= 11 is 4.76. The van der Waals surface area contributed by atoms with Crippen LogP contribution >= 0.6 is 27.3 Å². The molecule has 3 rings (SSSR count). The summed E-state index contributed by atoms with van der Waals surface area (Å²) in [7, 11) is 0. The third kappa shape index (κ3) is 4.28. The zero-order valence-corrected chi connectivity index (χ0v) is 16.6. The number of anilines is 2. The van der Waals surface area contributed by atoms with Crippen LogP contribution in [0.15, 0.2) is 46.3 Å². The number of amides is 1. The van der Waals surface area contributed by atoms with E-state index in [1.54, 1.807) is 31.2 Å². The number of rotatable bonds is 6. The van der Waals surface area contributed by atoms with Crippen LogP contribution in [0.3, 0.4) is 0 Å². The van der Waals surface area contributed by atoms with Gasteiger partial charge in [0.1, 0.15) is 6.61 Å². The number of benzene rings is 2. The fourth-order valence-electron chi connectivity index (χ4n) is 2.47. The smallest absolute Gasteiger partial charge is 0.251 e. The molecular weight excluding hydrogens is 438 g/mol. The van der Waals surface area contributed by atoms with Gasteiger partial charge < -0.3 is 15.8 Å². The van der Waals surface area contributed by atoms with E-state index in [4.69, 9.17) is 10.5 Å². The van der Waals surface area contributed by atoms with E-state index in [1.165, 1.54) is 11.3 Å². The van der Waals surface area contributed by atoms with Crippen LogP contribution in [-0.4, -0.2) is 5.91 Å². The molecule has 0 aliphatic rings. The third-order valence-corrected chi connectivity index (χ3v) is 5.18. The first-order valence-electron chi connectivity index (χ1n) is 7.87. The Balaban J connectivity index is 1.98. The molecule has 1 amide bonds. The SMILES string of the molecule is Cc1cc(Br)ccc1Nc1c(C(N)=O)cc(OCc2cccs2)c(F)c1F. The first kappa shape index (κ1) is 19.3. The molecule has 4 nitrogen and oxygen atoms in total. The Morgan fingerprint density at radius 1 is 1.26 bits per heavy atom. The van der Waals surface area contributed by atoms with Crippen molar-refractivity contribution in [2.24, 2.45) is 5.73 Å². The fourth-order valence-corrected chi connectivity index (χ4v) is 3.56. The van der Waals surface area contributed by atoms with Crippen molar-refractivity contribution in [2.75, 3.05) is 5.32 Å². The van der Waals surface area contributed by atoms with Gasteiger partial charge in [-0.1, -0.05) is 22.0 Å². The largest absolute Gasteiger partial charge is 0.485 e. The average Bonchev–Trinajstić information content (AvgIpc) is 3.13. The van der Waals surface area contributed by atoms with E-state index in [-0.39, 0.29) is 23.6 Å². The van der Waals surface area contributed by atoms with Crippen LogP contribution in [0.25, 0.3) is 0 Å². The zero-order valence-electron chi connectivity index (χ0n) is 14.2. The van der Waals surface area contributed by atoms with Gasteiger partial charge in [-0.2, -0.15) is 4.39 Å². The number of primary amides is 1. The second-order valence-electron chi connectivity index (χ2n) is 5.74. The van der Waals surface area contributed by atoms with Gasteiger partial charge in [-0.3, -0.25) is 4.79 Å². The molecular formula is C19H15BrF2N2O2S. The van der Waals surface area contributed by atoms with Crippen molar-refractivity contribution >= 4 is 44.5 Å². The van der Waals surface area contributed by atoms with Gasteiger partial charge >= 0.3 is 0 Å². The lowest BCUT2D eigenvalue weighted by atomic mass is 10.1. The first-order valence-corrected chi connectivity index (χ1v) is 9.54. The normalized spacial score (nSPS) is 10.7. The van der Waals surface area contributed by atoms with Crippen molar-refractivity contribution in [2.45, 2.75) is 13.5 Å². The lowest BCUT2D eigenvalue weighted by Crippen LogP contribution is -2.16. The molecule has 0 aliphatic heterocycles. The topological polar surface area (TPSA) is 64.3 Å². The van der Waals surface area contributed by atoms with Gasteiger partial charge in [-0.15, -0.1) is 11.3 Å². The molecule has 0 radical (unpaired) electrons. The van der Waals surface area contributed by atoms with Gasteiger partial charge in [0.15, 0.2) is 11.6 Å². The molecule has 27 heavy (non-hydrogen) atoms. The second kappa shape index (κ2) is 8.06. The molecule has 0 saturated heterocycles. The van der Waals surface area contributed by atoms with Crippen molar-refractivity contribution in [3.8, 4) is 5.75 Å². The van der Waals surface area contributed by atoms with E-state index in [0.717, 1.165) is 21.0 Å². The Bertz CT molecular complexity index is 994. The molecule has 140 valence electrons. The molecule has 8 heteroatoms. The Kier molecular flexibility index (Phi) is 5.76. The summed E-state index contributed by atoms with van der Waals surface area (Å²) in [5.74, 6) is -3.68. The Morgan fingerprint density at radius 3 is 2.67 bits per heavy atom. The summed E-state index contributed by atoms with van der Waals surface area (Å²) in [6.45, 7) is 1.86. The summed E-state index contributed by atoms with van der Waals surface area (Å²) in [5.41, 5.74) is 6.15. The van der Waals surface area contributed by atoms with E-state index in [0.29, 0.717) is 5.69 Å². The van der Waals surface area contributed by atoms with Gasteiger partial charge in [0, 0.05) is 15.0 Å². The minimum Gasteiger partial charge on any atom is -0.485 e. The van der Waals surface area contributed by atoms with Crippen LogP contribution in [-0.2, 0) is 6.61 Å². The lowest BCUT2D eigenvalue weighted by molar-refractivity contribution is 0.1000. The van der Waals surface area contributed by atoms with Crippen LogP contribution in [0.2, 0.25) is 0 Å². The number of hydrogen-bond donors (Lipinski definition) is 2. The fraction of sp³-hybridized carbons (Fsp3) is 0.105. The molecule has 0 saturated carbocycles. The number of carbonyl (C=O) groups is 1. The van der Waals surface area contributed by atoms with Crippen LogP contribution in [0, 0.1) is 18.6 Å². The highest BCUT2D eigenvalue weighted by Gasteiger charge is 2.23.